The minimum Gasteiger partial charge on any atom is -0.496 e. The van der Waals surface area contributed by atoms with Crippen molar-refractivity contribution in [1.29, 1.82) is 0 Å². The Morgan fingerprint density at radius 1 is 1.43 bits per heavy atom. The second-order valence-corrected chi connectivity index (χ2v) is 6.32. The number of pyridine rings is 1. The normalized spacial score (nSPS) is 20.9. The molecule has 0 aliphatic carbocycles. The maximum absolute atomic E-state index is 11.6. The number of carbonyl (C=O) groups excluding carboxylic acids is 1. The smallest absolute Gasteiger partial charge is 0.252 e. The number of benzene rings is 1. The molecule has 3 rings (SSSR count). The van der Waals surface area contributed by atoms with Gasteiger partial charge in [0, 0.05) is 24.7 Å². The Morgan fingerprint density at radius 3 is 2.83 bits per heavy atom. The van der Waals surface area contributed by atoms with Crippen molar-refractivity contribution >= 4 is 22.5 Å². The molecule has 2 aromatic rings. The maximum Gasteiger partial charge on any atom is 0.252 e. The quantitative estimate of drug-likeness (QED) is 0.942. The van der Waals surface area contributed by atoms with Crippen molar-refractivity contribution in [2.24, 2.45) is 17.6 Å². The monoisotopic (exact) mass is 313 g/mol. The molecule has 0 unspecified atom stereocenters. The SMILES string of the molecule is CC[C@H]1CN(c2nccc3cc(C(N)=O)c(OC)cc23)C[C@@H]1C. The van der Waals surface area contributed by atoms with Gasteiger partial charge in [0.2, 0.25) is 0 Å². The van der Waals surface area contributed by atoms with E-state index in [1.165, 1.54) is 6.42 Å². The van der Waals surface area contributed by atoms with Crippen molar-refractivity contribution < 1.29 is 9.53 Å². The van der Waals surface area contributed by atoms with Gasteiger partial charge < -0.3 is 15.4 Å². The van der Waals surface area contributed by atoms with Crippen LogP contribution in [0.25, 0.3) is 10.8 Å². The second-order valence-electron chi connectivity index (χ2n) is 6.32. The summed E-state index contributed by atoms with van der Waals surface area (Å²) in [7, 11) is 1.55. The molecule has 1 saturated heterocycles. The van der Waals surface area contributed by atoms with Crippen LogP contribution in [0.2, 0.25) is 0 Å². The summed E-state index contributed by atoms with van der Waals surface area (Å²) in [4.78, 5) is 18.5. The van der Waals surface area contributed by atoms with E-state index in [0.717, 1.165) is 29.7 Å². The van der Waals surface area contributed by atoms with Gasteiger partial charge in [0.1, 0.15) is 11.6 Å². The van der Waals surface area contributed by atoms with E-state index in [0.29, 0.717) is 23.1 Å². The second kappa shape index (κ2) is 6.07. The molecule has 2 N–H and O–H groups in total. The molecule has 5 nitrogen and oxygen atoms in total. The minimum absolute atomic E-state index is 0.401. The number of rotatable bonds is 4. The fourth-order valence-electron chi connectivity index (χ4n) is 3.54. The lowest BCUT2D eigenvalue weighted by Crippen LogP contribution is -2.21. The lowest BCUT2D eigenvalue weighted by atomic mass is 9.96. The third-order valence-electron chi connectivity index (χ3n) is 4.92. The summed E-state index contributed by atoms with van der Waals surface area (Å²) in [6.45, 7) is 6.56. The third-order valence-corrected chi connectivity index (χ3v) is 4.92. The van der Waals surface area contributed by atoms with Gasteiger partial charge in [-0.3, -0.25) is 4.79 Å². The Kier molecular flexibility index (Phi) is 4.11. The first kappa shape index (κ1) is 15.6. The van der Waals surface area contributed by atoms with Gasteiger partial charge in [-0.25, -0.2) is 4.98 Å². The first-order valence-electron chi connectivity index (χ1n) is 8.06. The largest absolute Gasteiger partial charge is 0.496 e. The number of fused-ring (bicyclic) bond motifs is 1. The number of primary amides is 1. The van der Waals surface area contributed by atoms with Crippen molar-refractivity contribution in [2.45, 2.75) is 20.3 Å². The third kappa shape index (κ3) is 2.71. The van der Waals surface area contributed by atoms with Crippen LogP contribution >= 0.6 is 0 Å². The number of ether oxygens (including phenoxy) is 1. The molecule has 0 saturated carbocycles. The number of nitrogens with zero attached hydrogens (tertiary/aromatic N) is 2. The molecule has 1 amide bonds. The van der Waals surface area contributed by atoms with Gasteiger partial charge in [0.25, 0.3) is 5.91 Å². The molecule has 2 atom stereocenters. The standard InChI is InChI=1S/C18H23N3O2/c1-4-12-10-21(9-11(12)2)18-14-8-16(23-3)15(17(19)22)7-13(14)5-6-20-18/h5-8,11-12H,4,9-10H2,1-3H3,(H2,19,22)/t11-,12-/m0/s1. The summed E-state index contributed by atoms with van der Waals surface area (Å²) in [5, 5.41) is 1.95. The van der Waals surface area contributed by atoms with Crippen LogP contribution < -0.4 is 15.4 Å². The van der Waals surface area contributed by atoms with E-state index < -0.39 is 5.91 Å². The fraction of sp³-hybridized carbons (Fsp3) is 0.444. The van der Waals surface area contributed by atoms with Gasteiger partial charge in [-0.15, -0.1) is 0 Å². The Hall–Kier alpha value is -2.30. The van der Waals surface area contributed by atoms with Crippen LogP contribution in [0, 0.1) is 11.8 Å². The van der Waals surface area contributed by atoms with E-state index in [1.807, 2.05) is 12.1 Å². The van der Waals surface area contributed by atoms with Crippen LogP contribution in [-0.2, 0) is 0 Å². The molecule has 5 heteroatoms. The van der Waals surface area contributed by atoms with Crippen LogP contribution in [-0.4, -0.2) is 31.1 Å². The Morgan fingerprint density at radius 2 is 2.22 bits per heavy atom. The van der Waals surface area contributed by atoms with Crippen molar-refractivity contribution in [3.63, 3.8) is 0 Å². The van der Waals surface area contributed by atoms with E-state index in [-0.39, 0.29) is 0 Å². The van der Waals surface area contributed by atoms with Crippen molar-refractivity contribution in [2.75, 3.05) is 25.1 Å². The molecule has 0 radical (unpaired) electrons. The first-order chi connectivity index (χ1) is 11.0. The van der Waals surface area contributed by atoms with E-state index >= 15 is 0 Å². The van der Waals surface area contributed by atoms with E-state index in [9.17, 15) is 4.79 Å². The number of carbonyl (C=O) groups is 1. The molecule has 0 spiro atoms. The Bertz CT molecular complexity index is 744. The highest BCUT2D eigenvalue weighted by Gasteiger charge is 2.30. The number of methoxy groups -OCH3 is 1. The van der Waals surface area contributed by atoms with E-state index in [1.54, 1.807) is 19.4 Å². The highest BCUT2D eigenvalue weighted by atomic mass is 16.5. The number of aromatic nitrogens is 1. The number of amides is 1. The molecule has 1 aromatic carbocycles. The molecule has 1 aromatic heterocycles. The van der Waals surface area contributed by atoms with Crippen molar-refractivity contribution in [3.8, 4) is 5.75 Å². The lowest BCUT2D eigenvalue weighted by molar-refractivity contribution is 0.0997. The van der Waals surface area contributed by atoms with Crippen molar-refractivity contribution in [1.82, 2.24) is 4.98 Å². The molecular formula is C18H23N3O2. The van der Waals surface area contributed by atoms with Crippen LogP contribution in [0.15, 0.2) is 24.4 Å². The highest BCUT2D eigenvalue weighted by molar-refractivity contribution is 6.03. The van der Waals surface area contributed by atoms with Gasteiger partial charge in [-0.1, -0.05) is 20.3 Å². The zero-order chi connectivity index (χ0) is 16.6. The number of anilines is 1. The fourth-order valence-corrected chi connectivity index (χ4v) is 3.54. The topological polar surface area (TPSA) is 68.5 Å². The highest BCUT2D eigenvalue weighted by Crippen LogP contribution is 2.35. The predicted molar refractivity (Wildman–Crippen MR) is 92.0 cm³/mol. The summed E-state index contributed by atoms with van der Waals surface area (Å²) >= 11 is 0. The molecular weight excluding hydrogens is 290 g/mol. The summed E-state index contributed by atoms with van der Waals surface area (Å²) in [5.74, 6) is 2.32. The number of hydrogen-bond donors (Lipinski definition) is 1. The van der Waals surface area contributed by atoms with E-state index in [2.05, 4.69) is 23.7 Å². The van der Waals surface area contributed by atoms with Gasteiger partial charge in [-0.05, 0) is 35.4 Å². The first-order valence-corrected chi connectivity index (χ1v) is 8.06. The van der Waals surface area contributed by atoms with Crippen LogP contribution in [0.5, 0.6) is 5.75 Å². The van der Waals surface area contributed by atoms with Gasteiger partial charge in [0.15, 0.2) is 0 Å². The minimum atomic E-state index is -0.483. The Balaban J connectivity index is 2.10. The average Bonchev–Trinajstić information content (AvgIpc) is 2.93. The van der Waals surface area contributed by atoms with Crippen LogP contribution in [0.1, 0.15) is 30.6 Å². The summed E-state index contributed by atoms with van der Waals surface area (Å²) in [6, 6.07) is 5.57. The zero-order valence-corrected chi connectivity index (χ0v) is 13.9. The average molecular weight is 313 g/mol. The predicted octanol–water partition coefficient (Wildman–Crippen LogP) is 2.82. The summed E-state index contributed by atoms with van der Waals surface area (Å²) in [5.41, 5.74) is 5.85. The van der Waals surface area contributed by atoms with Gasteiger partial charge in [-0.2, -0.15) is 0 Å². The Labute approximate surface area is 136 Å². The zero-order valence-electron chi connectivity index (χ0n) is 13.9. The molecule has 122 valence electrons. The molecule has 23 heavy (non-hydrogen) atoms. The summed E-state index contributed by atoms with van der Waals surface area (Å²) < 4.78 is 5.35. The molecule has 1 fully saturated rings. The number of nitrogens with two attached hydrogens (primary N) is 1. The van der Waals surface area contributed by atoms with Crippen LogP contribution in [0.3, 0.4) is 0 Å². The van der Waals surface area contributed by atoms with E-state index in [4.69, 9.17) is 10.5 Å². The van der Waals surface area contributed by atoms with Gasteiger partial charge in [0.05, 0.1) is 12.7 Å². The van der Waals surface area contributed by atoms with Crippen LogP contribution in [0.4, 0.5) is 5.82 Å². The maximum atomic E-state index is 11.6. The van der Waals surface area contributed by atoms with Crippen molar-refractivity contribution in [3.05, 3.63) is 30.0 Å². The number of hydrogen-bond acceptors (Lipinski definition) is 4. The molecule has 1 aliphatic heterocycles. The lowest BCUT2D eigenvalue weighted by Gasteiger charge is -2.20. The molecule has 0 bridgehead atoms. The molecule has 2 heterocycles. The molecule has 1 aliphatic rings. The summed E-state index contributed by atoms with van der Waals surface area (Å²) in [6.07, 6.45) is 2.97. The van der Waals surface area contributed by atoms with Gasteiger partial charge >= 0.3 is 0 Å².